The van der Waals surface area contributed by atoms with E-state index in [-0.39, 0.29) is 0 Å². The van der Waals surface area contributed by atoms with Crippen molar-refractivity contribution in [1.82, 2.24) is 19.9 Å². The van der Waals surface area contributed by atoms with Gasteiger partial charge in [0, 0.05) is 42.2 Å². The number of thiocarbonyl (C=S) groups is 1. The SMILES string of the molecule is Cc1ccc2c(c1)NC(=S)Cc1cnc(Nc3cc(CCN4CCCCC4)cnc3C)nc1-2. The summed E-state index contributed by atoms with van der Waals surface area (Å²) in [7, 11) is 0. The van der Waals surface area contributed by atoms with Gasteiger partial charge < -0.3 is 15.5 Å². The van der Waals surface area contributed by atoms with Gasteiger partial charge >= 0.3 is 0 Å². The fraction of sp³-hybridized carbons (Fsp3) is 0.385. The molecule has 2 aliphatic rings. The predicted molar refractivity (Wildman–Crippen MR) is 138 cm³/mol. The van der Waals surface area contributed by atoms with E-state index in [1.165, 1.54) is 43.5 Å². The van der Waals surface area contributed by atoms with E-state index in [9.17, 15) is 0 Å². The molecule has 0 radical (unpaired) electrons. The Morgan fingerprint density at radius 2 is 1.91 bits per heavy atom. The Morgan fingerprint density at radius 1 is 1.06 bits per heavy atom. The second kappa shape index (κ2) is 9.53. The van der Waals surface area contributed by atoms with Crippen molar-refractivity contribution in [2.45, 2.75) is 46.0 Å². The molecule has 0 unspecified atom stereocenters. The summed E-state index contributed by atoms with van der Waals surface area (Å²) in [5, 5.41) is 6.79. The van der Waals surface area contributed by atoms with Crippen LogP contribution in [0.1, 0.15) is 41.6 Å². The van der Waals surface area contributed by atoms with Crippen LogP contribution >= 0.6 is 12.2 Å². The van der Waals surface area contributed by atoms with Gasteiger partial charge in [-0.25, -0.2) is 9.97 Å². The van der Waals surface area contributed by atoms with Gasteiger partial charge in [0.2, 0.25) is 5.95 Å². The Kier molecular flexibility index (Phi) is 6.33. The van der Waals surface area contributed by atoms with Crippen molar-refractivity contribution < 1.29 is 0 Å². The van der Waals surface area contributed by atoms with Gasteiger partial charge in [-0.2, -0.15) is 0 Å². The van der Waals surface area contributed by atoms with Crippen molar-refractivity contribution in [2.75, 3.05) is 30.3 Å². The standard InChI is InChI=1S/C26H30N6S/c1-17-6-7-21-23(12-17)29-24(33)14-20-16-28-26(31-25(20)21)30-22-13-19(15-27-18(22)2)8-11-32-9-4-3-5-10-32/h6-7,12-13,15-16H,3-5,8-11,14H2,1-2H3,(H,29,33)(H,28,30,31). The van der Waals surface area contributed by atoms with Crippen LogP contribution in [-0.2, 0) is 12.8 Å². The molecule has 7 heteroatoms. The lowest BCUT2D eigenvalue weighted by Crippen LogP contribution is -2.31. The average molecular weight is 459 g/mol. The van der Waals surface area contributed by atoms with Gasteiger partial charge in [0.25, 0.3) is 0 Å². The van der Waals surface area contributed by atoms with Crippen LogP contribution in [0.4, 0.5) is 17.3 Å². The Hall–Kier alpha value is -2.90. The number of aromatic nitrogens is 3. The van der Waals surface area contributed by atoms with Crippen LogP contribution in [0.3, 0.4) is 0 Å². The quantitative estimate of drug-likeness (QED) is 0.508. The molecule has 5 rings (SSSR count). The Morgan fingerprint density at radius 3 is 2.76 bits per heavy atom. The van der Waals surface area contributed by atoms with Gasteiger partial charge in [0.1, 0.15) is 0 Å². The number of benzene rings is 1. The van der Waals surface area contributed by atoms with E-state index in [1.54, 1.807) is 0 Å². The predicted octanol–water partition coefficient (Wildman–Crippen LogP) is 5.22. The highest BCUT2D eigenvalue weighted by atomic mass is 32.1. The van der Waals surface area contributed by atoms with E-state index in [1.807, 2.05) is 19.3 Å². The van der Waals surface area contributed by atoms with Crippen LogP contribution in [-0.4, -0.2) is 44.5 Å². The van der Waals surface area contributed by atoms with Crippen molar-refractivity contribution in [2.24, 2.45) is 0 Å². The van der Waals surface area contributed by atoms with Crippen LogP contribution in [0.2, 0.25) is 0 Å². The summed E-state index contributed by atoms with van der Waals surface area (Å²) in [6.45, 7) is 7.61. The van der Waals surface area contributed by atoms with E-state index < -0.39 is 0 Å². The number of anilines is 3. The molecular formula is C26H30N6S. The van der Waals surface area contributed by atoms with Gasteiger partial charge in [-0.05, 0) is 69.5 Å². The zero-order valence-corrected chi connectivity index (χ0v) is 20.1. The Bertz CT molecular complexity index is 1190. The third-order valence-electron chi connectivity index (χ3n) is 6.48. The molecule has 0 bridgehead atoms. The summed E-state index contributed by atoms with van der Waals surface area (Å²) < 4.78 is 0. The number of piperidine rings is 1. The van der Waals surface area contributed by atoms with Gasteiger partial charge in [0.05, 0.1) is 22.1 Å². The lowest BCUT2D eigenvalue weighted by molar-refractivity contribution is 0.231. The van der Waals surface area contributed by atoms with E-state index in [2.05, 4.69) is 56.7 Å². The first-order valence-corrected chi connectivity index (χ1v) is 12.2. The largest absolute Gasteiger partial charge is 0.349 e. The van der Waals surface area contributed by atoms with Gasteiger partial charge in [-0.15, -0.1) is 0 Å². The van der Waals surface area contributed by atoms with E-state index in [0.29, 0.717) is 12.4 Å². The number of nitrogens with one attached hydrogen (secondary N) is 2. The third-order valence-corrected chi connectivity index (χ3v) is 6.72. The monoisotopic (exact) mass is 458 g/mol. The molecule has 0 spiro atoms. The smallest absolute Gasteiger partial charge is 0.227 e. The highest BCUT2D eigenvalue weighted by molar-refractivity contribution is 7.80. The molecule has 33 heavy (non-hydrogen) atoms. The Balaban J connectivity index is 1.39. The van der Waals surface area contributed by atoms with Crippen molar-refractivity contribution in [3.05, 3.63) is 59.0 Å². The van der Waals surface area contributed by atoms with E-state index >= 15 is 0 Å². The van der Waals surface area contributed by atoms with Gasteiger partial charge in [-0.3, -0.25) is 4.98 Å². The maximum Gasteiger partial charge on any atom is 0.227 e. The zero-order chi connectivity index (χ0) is 22.8. The highest BCUT2D eigenvalue weighted by Crippen LogP contribution is 2.34. The fourth-order valence-corrected chi connectivity index (χ4v) is 4.86. The second-order valence-electron chi connectivity index (χ2n) is 9.10. The second-order valence-corrected chi connectivity index (χ2v) is 9.59. The fourth-order valence-electron chi connectivity index (χ4n) is 4.60. The molecule has 1 aromatic carbocycles. The van der Waals surface area contributed by atoms with Crippen molar-refractivity contribution in [3.8, 4) is 11.3 Å². The number of hydrogen-bond acceptors (Lipinski definition) is 6. The number of likely N-dealkylation sites (tertiary alicyclic amines) is 1. The first-order valence-electron chi connectivity index (χ1n) is 11.8. The number of aryl methyl sites for hydroxylation is 2. The summed E-state index contributed by atoms with van der Waals surface area (Å²) in [6.07, 6.45) is 9.51. The van der Waals surface area contributed by atoms with E-state index in [0.717, 1.165) is 51.8 Å². The summed E-state index contributed by atoms with van der Waals surface area (Å²) in [4.78, 5) is 17.5. The van der Waals surface area contributed by atoms with E-state index in [4.69, 9.17) is 17.2 Å². The highest BCUT2D eigenvalue weighted by Gasteiger charge is 2.20. The molecule has 6 nitrogen and oxygen atoms in total. The zero-order valence-electron chi connectivity index (χ0n) is 19.3. The normalized spacial score (nSPS) is 15.9. The maximum absolute atomic E-state index is 5.54. The number of pyridine rings is 1. The summed E-state index contributed by atoms with van der Waals surface area (Å²) in [6, 6.07) is 8.52. The Labute approximate surface area is 200 Å². The topological polar surface area (TPSA) is 66.0 Å². The summed E-state index contributed by atoms with van der Waals surface area (Å²) >= 11 is 5.54. The van der Waals surface area contributed by atoms with Gasteiger partial charge in [-0.1, -0.05) is 30.8 Å². The number of rotatable bonds is 5. The number of nitrogens with zero attached hydrogens (tertiary/aromatic N) is 4. The molecule has 0 saturated carbocycles. The minimum absolute atomic E-state index is 0.575. The molecule has 2 aliphatic heterocycles. The molecule has 3 aromatic rings. The molecule has 0 amide bonds. The molecule has 1 fully saturated rings. The molecule has 4 heterocycles. The minimum atomic E-state index is 0.575. The summed E-state index contributed by atoms with van der Waals surface area (Å²) in [5.41, 5.74) is 8.31. The van der Waals surface area contributed by atoms with Crippen molar-refractivity contribution in [1.29, 1.82) is 0 Å². The molecule has 2 aromatic heterocycles. The summed E-state index contributed by atoms with van der Waals surface area (Å²) in [5.74, 6) is 0.575. The van der Waals surface area contributed by atoms with Crippen LogP contribution < -0.4 is 10.6 Å². The number of fused-ring (bicyclic) bond motifs is 3. The number of hydrogen-bond donors (Lipinski definition) is 2. The average Bonchev–Trinajstić information content (AvgIpc) is 2.95. The lowest BCUT2D eigenvalue weighted by Gasteiger charge is -2.26. The van der Waals surface area contributed by atoms with Crippen LogP contribution in [0.5, 0.6) is 0 Å². The first-order chi connectivity index (χ1) is 16.0. The van der Waals surface area contributed by atoms with Crippen LogP contribution in [0, 0.1) is 13.8 Å². The molecule has 1 saturated heterocycles. The van der Waals surface area contributed by atoms with Crippen LogP contribution in [0.15, 0.2) is 36.7 Å². The van der Waals surface area contributed by atoms with Gasteiger partial charge in [0.15, 0.2) is 0 Å². The molecular weight excluding hydrogens is 428 g/mol. The van der Waals surface area contributed by atoms with Crippen molar-refractivity contribution in [3.63, 3.8) is 0 Å². The maximum atomic E-state index is 5.54. The molecule has 0 aliphatic carbocycles. The first kappa shape index (κ1) is 21.9. The third kappa shape index (κ3) is 5.04. The molecule has 2 N–H and O–H groups in total. The molecule has 170 valence electrons. The van der Waals surface area contributed by atoms with Crippen molar-refractivity contribution >= 4 is 34.5 Å². The van der Waals surface area contributed by atoms with Crippen LogP contribution in [0.25, 0.3) is 11.3 Å². The minimum Gasteiger partial charge on any atom is -0.349 e. The molecule has 0 atom stereocenters. The lowest BCUT2D eigenvalue weighted by atomic mass is 10.0.